The second-order valence-corrected chi connectivity index (χ2v) is 4.52. The summed E-state index contributed by atoms with van der Waals surface area (Å²) in [7, 11) is 3.47. The Morgan fingerprint density at radius 1 is 1.12 bits per heavy atom. The molecule has 94 valence electrons. The van der Waals surface area contributed by atoms with E-state index in [2.05, 4.69) is 30.8 Å². The molecule has 2 nitrogen and oxygen atoms in total. The topological polar surface area (TPSA) is 18.5 Å². The molecule has 0 spiro atoms. The molecule has 0 saturated heterocycles. The molecule has 0 heterocycles. The summed E-state index contributed by atoms with van der Waals surface area (Å²) < 4.78 is 10.7. The highest BCUT2D eigenvalue weighted by atomic mass is 16.5. The minimum atomic E-state index is -0.00734. The summed E-state index contributed by atoms with van der Waals surface area (Å²) >= 11 is 0. The van der Waals surface area contributed by atoms with Crippen LogP contribution in [-0.4, -0.2) is 27.4 Å². The Bertz CT molecular complexity index is 313. The number of ether oxygens (including phenoxy) is 2. The Morgan fingerprint density at radius 2 is 1.71 bits per heavy atom. The molecule has 17 heavy (non-hydrogen) atoms. The number of hydrogen-bond donors (Lipinski definition) is 0. The van der Waals surface area contributed by atoms with Crippen molar-refractivity contribution in [1.29, 1.82) is 0 Å². The van der Waals surface area contributed by atoms with Gasteiger partial charge in [0.05, 0.1) is 13.2 Å². The van der Waals surface area contributed by atoms with Gasteiger partial charge in [0.15, 0.2) is 0 Å². The van der Waals surface area contributed by atoms with Crippen LogP contribution in [0.25, 0.3) is 0 Å². The first-order chi connectivity index (χ1) is 8.26. The molecule has 1 aromatic carbocycles. The molecule has 0 aromatic heterocycles. The maximum absolute atomic E-state index is 5.36. The van der Waals surface area contributed by atoms with Crippen LogP contribution in [-0.2, 0) is 15.9 Å². The van der Waals surface area contributed by atoms with Crippen molar-refractivity contribution in [2.45, 2.75) is 12.8 Å². The van der Waals surface area contributed by atoms with Crippen LogP contribution in [0.1, 0.15) is 12.0 Å². The smallest absolute Gasteiger partial charge is 0.0546 e. The predicted octanol–water partition coefficient (Wildman–Crippen LogP) is 3.08. The van der Waals surface area contributed by atoms with E-state index in [9.17, 15) is 0 Å². The zero-order chi connectivity index (χ0) is 12.6. The number of rotatable bonds is 8. The fraction of sp³-hybridized carbons (Fsp3) is 0.467. The summed E-state index contributed by atoms with van der Waals surface area (Å²) in [5, 5.41) is 0. The van der Waals surface area contributed by atoms with Gasteiger partial charge in [-0.15, -0.1) is 6.58 Å². The highest BCUT2D eigenvalue weighted by Crippen LogP contribution is 2.28. The molecule has 0 amide bonds. The minimum absolute atomic E-state index is 0.00734. The van der Waals surface area contributed by atoms with Crippen LogP contribution < -0.4 is 0 Å². The van der Waals surface area contributed by atoms with Crippen molar-refractivity contribution in [3.05, 3.63) is 48.6 Å². The van der Waals surface area contributed by atoms with Crippen LogP contribution in [0.5, 0.6) is 0 Å². The monoisotopic (exact) mass is 234 g/mol. The van der Waals surface area contributed by atoms with E-state index >= 15 is 0 Å². The van der Waals surface area contributed by atoms with Gasteiger partial charge in [0.2, 0.25) is 0 Å². The van der Waals surface area contributed by atoms with Crippen LogP contribution in [0, 0.1) is 5.41 Å². The molecule has 2 heteroatoms. The molecule has 1 rings (SSSR count). The van der Waals surface area contributed by atoms with Gasteiger partial charge in [-0.3, -0.25) is 0 Å². The summed E-state index contributed by atoms with van der Waals surface area (Å²) in [6, 6.07) is 10.4. The van der Waals surface area contributed by atoms with Crippen molar-refractivity contribution in [3.63, 3.8) is 0 Å². The predicted molar refractivity (Wildman–Crippen MR) is 71.1 cm³/mol. The Balaban J connectivity index is 2.83. The molecule has 0 aliphatic heterocycles. The van der Waals surface area contributed by atoms with Crippen molar-refractivity contribution < 1.29 is 9.47 Å². The van der Waals surface area contributed by atoms with Gasteiger partial charge in [0, 0.05) is 19.6 Å². The number of allylic oxidation sites excluding steroid dienone is 1. The molecule has 0 radical (unpaired) electrons. The van der Waals surface area contributed by atoms with Crippen LogP contribution in [0.2, 0.25) is 0 Å². The van der Waals surface area contributed by atoms with E-state index in [1.54, 1.807) is 14.2 Å². The quantitative estimate of drug-likeness (QED) is 0.644. The lowest BCUT2D eigenvalue weighted by Gasteiger charge is -2.31. The van der Waals surface area contributed by atoms with E-state index in [4.69, 9.17) is 9.47 Å². The molecule has 0 aliphatic rings. The molecule has 0 atom stereocenters. The zero-order valence-corrected chi connectivity index (χ0v) is 10.8. The normalized spacial score (nSPS) is 11.4. The SMILES string of the molecule is C=CCC(COC)(COC)Cc1ccccc1. The number of methoxy groups -OCH3 is 2. The average molecular weight is 234 g/mol. The van der Waals surface area contributed by atoms with Crippen molar-refractivity contribution in [1.82, 2.24) is 0 Å². The molecule has 0 bridgehead atoms. The van der Waals surface area contributed by atoms with Gasteiger partial charge in [-0.25, -0.2) is 0 Å². The molecule has 0 N–H and O–H groups in total. The third-order valence-electron chi connectivity index (χ3n) is 2.90. The van der Waals surface area contributed by atoms with Crippen molar-refractivity contribution in [3.8, 4) is 0 Å². The molecule has 0 saturated carbocycles. The average Bonchev–Trinajstić information content (AvgIpc) is 2.31. The maximum Gasteiger partial charge on any atom is 0.0546 e. The van der Waals surface area contributed by atoms with E-state index in [-0.39, 0.29) is 5.41 Å². The van der Waals surface area contributed by atoms with Gasteiger partial charge >= 0.3 is 0 Å². The third kappa shape index (κ3) is 4.33. The molecule has 0 aliphatic carbocycles. The maximum atomic E-state index is 5.36. The fourth-order valence-electron chi connectivity index (χ4n) is 2.28. The molecule has 0 unspecified atom stereocenters. The Morgan fingerprint density at radius 3 is 2.18 bits per heavy atom. The molecule has 0 fully saturated rings. The van der Waals surface area contributed by atoms with E-state index in [1.165, 1.54) is 5.56 Å². The Hall–Kier alpha value is -1.12. The lowest BCUT2D eigenvalue weighted by Crippen LogP contribution is -2.33. The van der Waals surface area contributed by atoms with E-state index in [1.807, 2.05) is 12.1 Å². The minimum Gasteiger partial charge on any atom is -0.384 e. The van der Waals surface area contributed by atoms with Crippen molar-refractivity contribution in [2.75, 3.05) is 27.4 Å². The number of hydrogen-bond acceptors (Lipinski definition) is 2. The highest BCUT2D eigenvalue weighted by Gasteiger charge is 2.29. The Kier molecular flexibility index (Phi) is 5.95. The largest absolute Gasteiger partial charge is 0.384 e. The summed E-state index contributed by atoms with van der Waals surface area (Å²) in [5.74, 6) is 0. The van der Waals surface area contributed by atoms with Crippen LogP contribution in [0.15, 0.2) is 43.0 Å². The van der Waals surface area contributed by atoms with E-state index in [0.29, 0.717) is 13.2 Å². The van der Waals surface area contributed by atoms with Gasteiger partial charge in [-0.1, -0.05) is 36.4 Å². The molecular weight excluding hydrogens is 212 g/mol. The first-order valence-corrected chi connectivity index (χ1v) is 5.89. The lowest BCUT2D eigenvalue weighted by atomic mass is 9.80. The van der Waals surface area contributed by atoms with Gasteiger partial charge in [-0.2, -0.15) is 0 Å². The van der Waals surface area contributed by atoms with E-state index < -0.39 is 0 Å². The van der Waals surface area contributed by atoms with Gasteiger partial charge in [0.1, 0.15) is 0 Å². The van der Waals surface area contributed by atoms with Gasteiger partial charge in [0.25, 0.3) is 0 Å². The second kappa shape index (κ2) is 7.25. The third-order valence-corrected chi connectivity index (χ3v) is 2.90. The van der Waals surface area contributed by atoms with Crippen molar-refractivity contribution in [2.24, 2.45) is 5.41 Å². The Labute approximate surface area is 104 Å². The van der Waals surface area contributed by atoms with E-state index in [0.717, 1.165) is 12.8 Å². The zero-order valence-electron chi connectivity index (χ0n) is 10.8. The molecule has 1 aromatic rings. The summed E-state index contributed by atoms with van der Waals surface area (Å²) in [6.45, 7) is 5.21. The lowest BCUT2D eigenvalue weighted by molar-refractivity contribution is 0.0120. The van der Waals surface area contributed by atoms with Gasteiger partial charge < -0.3 is 9.47 Å². The second-order valence-electron chi connectivity index (χ2n) is 4.52. The summed E-state index contributed by atoms with van der Waals surface area (Å²) in [6.07, 6.45) is 3.78. The van der Waals surface area contributed by atoms with Crippen LogP contribution in [0.4, 0.5) is 0 Å². The highest BCUT2D eigenvalue weighted by molar-refractivity contribution is 5.17. The first kappa shape index (κ1) is 13.9. The van der Waals surface area contributed by atoms with Gasteiger partial charge in [-0.05, 0) is 18.4 Å². The summed E-state index contributed by atoms with van der Waals surface area (Å²) in [5.41, 5.74) is 1.30. The van der Waals surface area contributed by atoms with Crippen LogP contribution in [0.3, 0.4) is 0 Å². The van der Waals surface area contributed by atoms with Crippen LogP contribution >= 0.6 is 0 Å². The van der Waals surface area contributed by atoms with Crippen molar-refractivity contribution >= 4 is 0 Å². The molecular formula is C15H22O2. The summed E-state index contributed by atoms with van der Waals surface area (Å²) in [4.78, 5) is 0. The fourth-order valence-corrected chi connectivity index (χ4v) is 2.28. The number of benzene rings is 1. The standard InChI is InChI=1S/C15H22O2/c1-4-10-15(12-16-2,13-17-3)11-14-8-6-5-7-9-14/h4-9H,1,10-13H2,2-3H3. The first-order valence-electron chi connectivity index (χ1n) is 5.89.